The highest BCUT2D eigenvalue weighted by Crippen LogP contribution is 2.15. The second-order valence-electron chi connectivity index (χ2n) is 4.04. The molecule has 8 nitrogen and oxygen atoms in total. The van der Waals surface area contributed by atoms with Crippen LogP contribution in [-0.2, 0) is 4.74 Å². The van der Waals surface area contributed by atoms with Gasteiger partial charge < -0.3 is 25.4 Å². The number of aliphatic hydroxyl groups excluding tert-OH is 1. The molecule has 1 aliphatic rings. The number of likely N-dealkylation sites (N-methyl/N-ethyl adjacent to an activating group) is 1. The van der Waals surface area contributed by atoms with Gasteiger partial charge >= 0.3 is 0 Å². The van der Waals surface area contributed by atoms with Gasteiger partial charge in [-0.25, -0.2) is 0 Å². The number of nitrogens with two attached hydrogens (primary N) is 1. The van der Waals surface area contributed by atoms with Crippen LogP contribution in [0.4, 0.5) is 17.8 Å². The summed E-state index contributed by atoms with van der Waals surface area (Å²) in [5.41, 5.74) is 5.69. The monoisotopic (exact) mass is 254 g/mol. The fourth-order valence-electron chi connectivity index (χ4n) is 1.69. The van der Waals surface area contributed by atoms with Crippen molar-refractivity contribution in [3.8, 4) is 0 Å². The summed E-state index contributed by atoms with van der Waals surface area (Å²) < 4.78 is 5.28. The average molecular weight is 254 g/mol. The first-order chi connectivity index (χ1) is 8.70. The van der Waals surface area contributed by atoms with Crippen molar-refractivity contribution in [2.24, 2.45) is 0 Å². The molecule has 18 heavy (non-hydrogen) atoms. The maximum Gasteiger partial charge on any atom is 0.232 e. The molecular formula is C10H18N6O2. The summed E-state index contributed by atoms with van der Waals surface area (Å²) in [6.07, 6.45) is 0. The quantitative estimate of drug-likeness (QED) is 0.685. The van der Waals surface area contributed by atoms with Gasteiger partial charge in [-0.05, 0) is 0 Å². The minimum Gasteiger partial charge on any atom is -0.395 e. The third-order valence-corrected chi connectivity index (χ3v) is 2.70. The minimum absolute atomic E-state index is 0.0367. The Balaban J connectivity index is 2.19. The zero-order valence-corrected chi connectivity index (χ0v) is 10.4. The molecule has 0 saturated carbocycles. The topological polar surface area (TPSA) is 101 Å². The number of hydrogen-bond donors (Lipinski definition) is 2. The minimum atomic E-state index is 0.0367. The van der Waals surface area contributed by atoms with Gasteiger partial charge in [0, 0.05) is 26.7 Å². The summed E-state index contributed by atoms with van der Waals surface area (Å²) in [6, 6.07) is 0. The summed E-state index contributed by atoms with van der Waals surface area (Å²) in [5, 5.41) is 8.91. The predicted octanol–water partition coefficient (Wildman–Crippen LogP) is -1.28. The fraction of sp³-hybridized carbons (Fsp3) is 0.700. The molecule has 1 aliphatic heterocycles. The summed E-state index contributed by atoms with van der Waals surface area (Å²) >= 11 is 0. The summed E-state index contributed by atoms with van der Waals surface area (Å²) in [7, 11) is 1.80. The molecule has 3 N–H and O–H groups in total. The second-order valence-corrected chi connectivity index (χ2v) is 4.04. The maximum atomic E-state index is 8.91. The number of hydrogen-bond acceptors (Lipinski definition) is 8. The molecule has 0 amide bonds. The van der Waals surface area contributed by atoms with E-state index in [9.17, 15) is 0 Å². The zero-order valence-electron chi connectivity index (χ0n) is 10.4. The molecule has 2 heterocycles. The SMILES string of the molecule is CN(CCO)c1nc(N)nc(N2CCOCC2)n1. The number of ether oxygens (including phenoxy) is 1. The van der Waals surface area contributed by atoms with Gasteiger partial charge in [0.05, 0.1) is 19.8 Å². The van der Waals surface area contributed by atoms with E-state index in [1.165, 1.54) is 0 Å². The van der Waals surface area contributed by atoms with E-state index in [1.54, 1.807) is 11.9 Å². The highest BCUT2D eigenvalue weighted by atomic mass is 16.5. The summed E-state index contributed by atoms with van der Waals surface area (Å²) in [6.45, 7) is 3.29. The Morgan fingerprint density at radius 1 is 1.33 bits per heavy atom. The van der Waals surface area contributed by atoms with Gasteiger partial charge in [0.15, 0.2) is 0 Å². The third-order valence-electron chi connectivity index (χ3n) is 2.70. The van der Waals surface area contributed by atoms with Gasteiger partial charge in [-0.3, -0.25) is 0 Å². The molecule has 0 bridgehead atoms. The van der Waals surface area contributed by atoms with E-state index in [2.05, 4.69) is 15.0 Å². The van der Waals surface area contributed by atoms with Crippen LogP contribution in [0.5, 0.6) is 0 Å². The molecule has 0 radical (unpaired) electrons. The van der Waals surface area contributed by atoms with Gasteiger partial charge in [-0.2, -0.15) is 15.0 Å². The van der Waals surface area contributed by atoms with Crippen molar-refractivity contribution in [3.63, 3.8) is 0 Å². The number of nitrogens with zero attached hydrogens (tertiary/aromatic N) is 5. The first-order valence-electron chi connectivity index (χ1n) is 5.87. The molecule has 2 rings (SSSR count). The van der Waals surface area contributed by atoms with Crippen LogP contribution < -0.4 is 15.5 Å². The van der Waals surface area contributed by atoms with Crippen molar-refractivity contribution in [1.82, 2.24) is 15.0 Å². The van der Waals surface area contributed by atoms with Crippen molar-refractivity contribution < 1.29 is 9.84 Å². The molecule has 100 valence electrons. The number of rotatable bonds is 4. The molecular weight excluding hydrogens is 236 g/mol. The number of aliphatic hydroxyl groups is 1. The van der Waals surface area contributed by atoms with Gasteiger partial charge in [-0.15, -0.1) is 0 Å². The van der Waals surface area contributed by atoms with Crippen molar-refractivity contribution in [2.45, 2.75) is 0 Å². The van der Waals surface area contributed by atoms with E-state index < -0.39 is 0 Å². The lowest BCUT2D eigenvalue weighted by molar-refractivity contribution is 0.122. The van der Waals surface area contributed by atoms with E-state index in [0.29, 0.717) is 31.7 Å². The zero-order chi connectivity index (χ0) is 13.0. The average Bonchev–Trinajstić information content (AvgIpc) is 2.39. The van der Waals surface area contributed by atoms with Gasteiger partial charge in [0.2, 0.25) is 17.8 Å². The number of morpholine rings is 1. The van der Waals surface area contributed by atoms with Crippen LogP contribution in [0, 0.1) is 0 Å². The van der Waals surface area contributed by atoms with Crippen LogP contribution >= 0.6 is 0 Å². The van der Waals surface area contributed by atoms with Crippen molar-refractivity contribution in [3.05, 3.63) is 0 Å². The largest absolute Gasteiger partial charge is 0.395 e. The highest BCUT2D eigenvalue weighted by Gasteiger charge is 2.16. The Morgan fingerprint density at radius 3 is 2.72 bits per heavy atom. The molecule has 0 aromatic carbocycles. The van der Waals surface area contributed by atoms with Crippen molar-refractivity contribution >= 4 is 17.8 Å². The lowest BCUT2D eigenvalue weighted by Crippen LogP contribution is -2.38. The molecule has 8 heteroatoms. The lowest BCUT2D eigenvalue weighted by Gasteiger charge is -2.27. The normalized spacial score (nSPS) is 15.8. The standard InChI is InChI=1S/C10H18N6O2/c1-15(2-5-17)9-12-8(11)13-10(14-9)16-3-6-18-7-4-16/h17H,2-7H2,1H3,(H2,11,12,13,14). The van der Waals surface area contributed by atoms with Gasteiger partial charge in [0.25, 0.3) is 0 Å². The fourth-order valence-corrected chi connectivity index (χ4v) is 1.69. The summed E-state index contributed by atoms with van der Waals surface area (Å²) in [5.74, 6) is 1.22. The Hall–Kier alpha value is -1.67. The molecule has 1 fully saturated rings. The third kappa shape index (κ3) is 2.96. The first kappa shape index (κ1) is 12.8. The number of nitrogen functional groups attached to an aromatic ring is 1. The second kappa shape index (κ2) is 5.78. The van der Waals surface area contributed by atoms with E-state index >= 15 is 0 Å². The Kier molecular flexibility index (Phi) is 4.11. The number of anilines is 3. The highest BCUT2D eigenvalue weighted by molar-refractivity contribution is 5.43. The molecule has 1 saturated heterocycles. The number of aromatic nitrogens is 3. The molecule has 1 aromatic heterocycles. The van der Waals surface area contributed by atoms with Gasteiger partial charge in [-0.1, -0.05) is 0 Å². The molecule has 1 aromatic rings. The Morgan fingerprint density at radius 2 is 2.06 bits per heavy atom. The van der Waals surface area contributed by atoms with Crippen molar-refractivity contribution in [1.29, 1.82) is 0 Å². The van der Waals surface area contributed by atoms with Crippen LogP contribution in [0.25, 0.3) is 0 Å². The van der Waals surface area contributed by atoms with Crippen LogP contribution in [0.2, 0.25) is 0 Å². The van der Waals surface area contributed by atoms with Crippen LogP contribution in [0.3, 0.4) is 0 Å². The van der Waals surface area contributed by atoms with Crippen LogP contribution in [0.15, 0.2) is 0 Å². The predicted molar refractivity (Wildman–Crippen MR) is 67.6 cm³/mol. The summed E-state index contributed by atoms with van der Waals surface area (Å²) in [4.78, 5) is 16.3. The maximum absolute atomic E-state index is 8.91. The van der Waals surface area contributed by atoms with E-state index in [4.69, 9.17) is 15.6 Å². The molecule has 0 unspecified atom stereocenters. The first-order valence-corrected chi connectivity index (χ1v) is 5.87. The van der Waals surface area contributed by atoms with Crippen molar-refractivity contribution in [2.75, 3.05) is 62.0 Å². The molecule has 0 atom stereocenters. The molecule has 0 aliphatic carbocycles. The van der Waals surface area contributed by atoms with Crippen LogP contribution in [-0.4, -0.2) is 66.6 Å². The van der Waals surface area contributed by atoms with E-state index in [-0.39, 0.29) is 12.6 Å². The lowest BCUT2D eigenvalue weighted by atomic mass is 10.4. The van der Waals surface area contributed by atoms with E-state index in [0.717, 1.165) is 13.1 Å². The Bertz CT molecular complexity index is 396. The Labute approximate surface area is 105 Å². The molecule has 0 spiro atoms. The van der Waals surface area contributed by atoms with Crippen LogP contribution in [0.1, 0.15) is 0 Å². The smallest absolute Gasteiger partial charge is 0.232 e. The van der Waals surface area contributed by atoms with E-state index in [1.807, 2.05) is 4.90 Å². The van der Waals surface area contributed by atoms with Gasteiger partial charge in [0.1, 0.15) is 0 Å².